The van der Waals surface area contributed by atoms with Crippen molar-refractivity contribution in [3.05, 3.63) is 119 Å². The lowest BCUT2D eigenvalue weighted by Crippen LogP contribution is -2.59. The summed E-state index contributed by atoms with van der Waals surface area (Å²) in [5.41, 5.74) is 8.71. The van der Waals surface area contributed by atoms with Gasteiger partial charge in [0.1, 0.15) is 25.3 Å². The predicted octanol–water partition coefficient (Wildman–Crippen LogP) is 5.15. The molecule has 2 aliphatic heterocycles. The van der Waals surface area contributed by atoms with E-state index >= 15 is 0 Å². The van der Waals surface area contributed by atoms with Crippen LogP contribution in [0.2, 0.25) is 0 Å². The Morgan fingerprint density at radius 1 is 0.511 bits per heavy atom. The molecule has 6 aromatic rings. The first-order valence-corrected chi connectivity index (χ1v) is 33.1. The Morgan fingerprint density at radius 2 is 0.872 bits per heavy atom. The third-order valence-corrected chi connectivity index (χ3v) is 18.1. The number of likely N-dealkylation sites (tertiary alicyclic amines) is 2. The molecule has 0 radical (unpaired) electrons. The standard InChI is InChI=1S/C68H88N14O12/c1-7-9-33-91-67-73-75-77-81(67)39-47-21-19-31-79(47)65(87)61(71-63(85)43(3)69-37-59(83)93-41-57-53-27-15-11-23-49(53)50-24-12-16-28-54(50)57)45(5)89-35-36-90-46(6)62(66(88)80-32-20-22-48(80)40-82-68(74-76-78-82)92-34-10-8-2)72-64(86)44(4)70-38-60(84)94-42-58-55-29-17-13-25-51(55)52-26-14-18-30-56(52)58/h11-18,23-30,43-48,57-58,61-62,69-70H,7-10,19-22,31-42H2,1-6H3,(H,71,85)(H,72,86). The highest BCUT2D eigenvalue weighted by atomic mass is 16.5. The van der Waals surface area contributed by atoms with Gasteiger partial charge in [-0.05, 0) is 132 Å². The molecular formula is C68H88N14O12. The summed E-state index contributed by atoms with van der Waals surface area (Å²) in [4.78, 5) is 88.4. The van der Waals surface area contributed by atoms with Gasteiger partial charge in [-0.2, -0.15) is 9.36 Å². The normalized spacial score (nSPS) is 17.6. The second kappa shape index (κ2) is 32.9. The molecule has 26 heteroatoms. The van der Waals surface area contributed by atoms with Gasteiger partial charge in [0.15, 0.2) is 0 Å². The van der Waals surface area contributed by atoms with E-state index in [1.807, 2.05) is 72.8 Å². The lowest BCUT2D eigenvalue weighted by molar-refractivity contribution is -0.145. The van der Waals surface area contributed by atoms with Gasteiger partial charge in [-0.25, -0.2) is 0 Å². The van der Waals surface area contributed by atoms with Crippen LogP contribution in [0.5, 0.6) is 12.0 Å². The molecule has 4 aliphatic rings. The van der Waals surface area contributed by atoms with Gasteiger partial charge in [0.25, 0.3) is 0 Å². The molecule has 94 heavy (non-hydrogen) atoms. The molecule has 4 aromatic carbocycles. The number of unbranched alkanes of at least 4 members (excludes halogenated alkanes) is 2. The summed E-state index contributed by atoms with van der Waals surface area (Å²) < 4.78 is 39.2. The number of ether oxygens (including phenoxy) is 6. The number of hydrogen-bond donors (Lipinski definition) is 4. The number of hydrogen-bond acceptors (Lipinski definition) is 20. The van der Waals surface area contributed by atoms with E-state index in [2.05, 4.69) is 90.4 Å². The van der Waals surface area contributed by atoms with Gasteiger partial charge >= 0.3 is 24.0 Å². The SMILES string of the molecule is CCCCOc1nnnn1CC1CCCN1C(=O)C(NC(=O)C(C)NCC(=O)OCC1c2ccccc2-c2ccccc21)C(C)OCCOC(C)C(NC(=O)C(C)NCC(=O)OCC1c2ccccc2-c2ccccc21)C(=O)N1CCCC1Cn1nnnc1OCCCC. The lowest BCUT2D eigenvalue weighted by Gasteiger charge is -2.33. The fourth-order valence-electron chi connectivity index (χ4n) is 12.8. The van der Waals surface area contributed by atoms with Crippen molar-refractivity contribution in [2.75, 3.05) is 65.8 Å². The topological polar surface area (TPSA) is 300 Å². The van der Waals surface area contributed by atoms with E-state index in [-0.39, 0.29) is 88.5 Å². The first-order valence-electron chi connectivity index (χ1n) is 33.1. The maximum absolute atomic E-state index is 15.0. The Bertz CT molecular complexity index is 3230. The summed E-state index contributed by atoms with van der Waals surface area (Å²) in [5.74, 6) is -3.32. The van der Waals surface area contributed by atoms with Crippen LogP contribution in [0.25, 0.3) is 22.3 Å². The van der Waals surface area contributed by atoms with Crippen molar-refractivity contribution in [1.29, 1.82) is 0 Å². The number of tetrazole rings is 2. The van der Waals surface area contributed by atoms with E-state index < -0.39 is 71.9 Å². The third kappa shape index (κ3) is 16.6. The number of carbonyl (C=O) groups is 6. The van der Waals surface area contributed by atoms with Gasteiger partial charge in [0, 0.05) is 24.9 Å². The minimum atomic E-state index is -1.22. The number of nitrogens with zero attached hydrogens (tertiary/aromatic N) is 10. The van der Waals surface area contributed by atoms with Crippen LogP contribution in [0, 0.1) is 0 Å². The van der Waals surface area contributed by atoms with Crippen molar-refractivity contribution in [3.63, 3.8) is 0 Å². The molecular weight excluding hydrogens is 1200 g/mol. The van der Waals surface area contributed by atoms with Crippen LogP contribution in [0.4, 0.5) is 0 Å². The molecule has 8 unspecified atom stereocenters. The molecule has 2 aliphatic carbocycles. The molecule has 4 amide bonds. The fraction of sp³-hybridized carbons (Fsp3) is 0.529. The molecule has 4 heterocycles. The molecule has 10 rings (SSSR count). The van der Waals surface area contributed by atoms with Crippen molar-refractivity contribution < 1.29 is 57.2 Å². The van der Waals surface area contributed by atoms with Gasteiger partial charge in [-0.1, -0.05) is 134 Å². The van der Waals surface area contributed by atoms with Crippen molar-refractivity contribution >= 4 is 35.6 Å². The quantitative estimate of drug-likeness (QED) is 0.0295. The van der Waals surface area contributed by atoms with Crippen LogP contribution < -0.4 is 30.7 Å². The van der Waals surface area contributed by atoms with E-state index in [9.17, 15) is 28.8 Å². The number of amides is 4. The van der Waals surface area contributed by atoms with E-state index in [0.29, 0.717) is 52.0 Å². The van der Waals surface area contributed by atoms with Crippen molar-refractivity contribution in [2.45, 2.75) is 166 Å². The smallest absolute Gasteiger partial charge is 0.335 e. The summed E-state index contributed by atoms with van der Waals surface area (Å²) in [6.45, 7) is 12.2. The summed E-state index contributed by atoms with van der Waals surface area (Å²) in [6, 6.07) is 27.7. The first-order chi connectivity index (χ1) is 45.7. The molecule has 2 fully saturated rings. The molecule has 0 spiro atoms. The molecule has 0 saturated carbocycles. The zero-order valence-corrected chi connectivity index (χ0v) is 54.5. The van der Waals surface area contributed by atoms with Crippen molar-refractivity contribution in [2.24, 2.45) is 0 Å². The van der Waals surface area contributed by atoms with Gasteiger partial charge in [-0.15, -0.1) is 0 Å². The second-order valence-electron chi connectivity index (χ2n) is 24.5. The molecule has 4 N–H and O–H groups in total. The van der Waals surface area contributed by atoms with Gasteiger partial charge in [-0.3, -0.25) is 39.4 Å². The number of aromatic nitrogens is 8. The highest BCUT2D eigenvalue weighted by molar-refractivity contribution is 5.92. The van der Waals surface area contributed by atoms with Crippen LogP contribution in [-0.2, 0) is 60.8 Å². The van der Waals surface area contributed by atoms with E-state index in [4.69, 9.17) is 28.4 Å². The Morgan fingerprint density at radius 3 is 1.23 bits per heavy atom. The van der Waals surface area contributed by atoms with Crippen LogP contribution in [0.1, 0.15) is 127 Å². The number of carbonyl (C=O) groups excluding carboxylic acids is 6. The van der Waals surface area contributed by atoms with Gasteiger partial charge in [0.2, 0.25) is 23.6 Å². The fourth-order valence-corrected chi connectivity index (χ4v) is 12.8. The highest BCUT2D eigenvalue weighted by Gasteiger charge is 2.41. The van der Waals surface area contributed by atoms with Crippen LogP contribution in [0.3, 0.4) is 0 Å². The minimum absolute atomic E-state index is 0.105. The molecule has 2 aromatic heterocycles. The molecule has 26 nitrogen and oxygen atoms in total. The van der Waals surface area contributed by atoms with Gasteiger partial charge < -0.3 is 48.9 Å². The molecule has 2 saturated heterocycles. The van der Waals surface area contributed by atoms with Crippen LogP contribution >= 0.6 is 0 Å². The lowest BCUT2D eigenvalue weighted by atomic mass is 9.98. The first kappa shape index (κ1) is 68.1. The zero-order valence-electron chi connectivity index (χ0n) is 54.5. The molecule has 502 valence electrons. The van der Waals surface area contributed by atoms with Crippen LogP contribution in [0.15, 0.2) is 97.1 Å². The monoisotopic (exact) mass is 1290 g/mol. The zero-order chi connectivity index (χ0) is 66.1. The maximum Gasteiger partial charge on any atom is 0.335 e. The summed E-state index contributed by atoms with van der Waals surface area (Å²) in [7, 11) is 0. The minimum Gasteiger partial charge on any atom is -0.464 e. The van der Waals surface area contributed by atoms with Gasteiger partial charge in [0.05, 0.1) is 89.0 Å². The number of esters is 2. The maximum atomic E-state index is 15.0. The third-order valence-electron chi connectivity index (χ3n) is 18.1. The summed E-state index contributed by atoms with van der Waals surface area (Å²) in [5, 5.41) is 35.9. The average molecular weight is 1290 g/mol. The van der Waals surface area contributed by atoms with Crippen molar-refractivity contribution in [3.8, 4) is 34.3 Å². The summed E-state index contributed by atoms with van der Waals surface area (Å²) >= 11 is 0. The van der Waals surface area contributed by atoms with Crippen molar-refractivity contribution in [1.82, 2.24) is 71.5 Å². The van der Waals surface area contributed by atoms with Crippen LogP contribution in [-0.4, -0.2) is 200 Å². The number of rotatable bonds is 35. The van der Waals surface area contributed by atoms with E-state index in [1.54, 1.807) is 37.5 Å². The Hall–Kier alpha value is -8.72. The van der Waals surface area contributed by atoms with E-state index in [0.717, 1.165) is 70.2 Å². The van der Waals surface area contributed by atoms with E-state index in [1.165, 1.54) is 9.36 Å². The number of benzene rings is 4. The largest absolute Gasteiger partial charge is 0.464 e. The molecule has 0 bridgehead atoms. The number of nitrogens with one attached hydrogen (secondary N) is 4. The average Bonchev–Trinajstić information content (AvgIpc) is 1.64. The Balaban J connectivity index is 0.784. The highest BCUT2D eigenvalue weighted by Crippen LogP contribution is 2.46. The molecule has 8 atom stereocenters. The second-order valence-corrected chi connectivity index (χ2v) is 24.5. The summed E-state index contributed by atoms with van der Waals surface area (Å²) in [6.07, 6.45) is 4.19. The number of fused-ring (bicyclic) bond motifs is 6. The predicted molar refractivity (Wildman–Crippen MR) is 345 cm³/mol. The Kier molecular flexibility index (Phi) is 23.9. The Labute approximate surface area is 547 Å².